The van der Waals surface area contributed by atoms with Gasteiger partial charge in [-0.3, -0.25) is 4.79 Å². The Morgan fingerprint density at radius 2 is 1.65 bits per heavy atom. The molecule has 1 N–H and O–H groups in total. The van der Waals surface area contributed by atoms with Crippen LogP contribution in [0.5, 0.6) is 17.2 Å². The monoisotopic (exact) mass is 320 g/mol. The van der Waals surface area contributed by atoms with Crippen LogP contribution in [0.4, 0.5) is 8.78 Å². The van der Waals surface area contributed by atoms with Crippen LogP contribution in [0.3, 0.4) is 0 Å². The van der Waals surface area contributed by atoms with Crippen LogP contribution in [0.25, 0.3) is 6.08 Å². The van der Waals surface area contributed by atoms with Gasteiger partial charge in [-0.05, 0) is 42.0 Å². The lowest BCUT2D eigenvalue weighted by molar-refractivity contribution is 0.104. The van der Waals surface area contributed by atoms with Crippen molar-refractivity contribution in [3.63, 3.8) is 0 Å². The highest BCUT2D eigenvalue weighted by Crippen LogP contribution is 2.37. The smallest absolute Gasteiger partial charge is 0.200 e. The molecule has 2 aromatic carbocycles. The second-order valence-electron chi connectivity index (χ2n) is 4.60. The number of benzene rings is 2. The number of rotatable bonds is 5. The lowest BCUT2D eigenvalue weighted by Gasteiger charge is -2.09. The molecule has 0 radical (unpaired) electrons. The van der Waals surface area contributed by atoms with Gasteiger partial charge in [0, 0.05) is 5.56 Å². The predicted octanol–water partition coefficient (Wildman–Crippen LogP) is 3.58. The van der Waals surface area contributed by atoms with Crippen molar-refractivity contribution in [2.75, 3.05) is 14.2 Å². The molecule has 4 nitrogen and oxygen atoms in total. The topological polar surface area (TPSA) is 55.8 Å². The van der Waals surface area contributed by atoms with Crippen molar-refractivity contribution in [2.24, 2.45) is 0 Å². The van der Waals surface area contributed by atoms with E-state index in [0.717, 1.165) is 12.1 Å². The fraction of sp³-hybridized carbons (Fsp3) is 0.118. The Morgan fingerprint density at radius 3 is 2.17 bits per heavy atom. The van der Waals surface area contributed by atoms with Crippen LogP contribution >= 0.6 is 0 Å². The number of phenols is 1. The first-order chi connectivity index (χ1) is 11.0. The maximum Gasteiger partial charge on any atom is 0.200 e. The Hall–Kier alpha value is -2.89. The second kappa shape index (κ2) is 6.91. The number of carbonyl (C=O) groups excluding carboxylic acids is 1. The van der Waals surface area contributed by atoms with Gasteiger partial charge in [-0.25, -0.2) is 8.78 Å². The van der Waals surface area contributed by atoms with Gasteiger partial charge in [0.25, 0.3) is 0 Å². The standard InChI is InChI=1S/C17H14F2O4/c1-22-15-7-10(8-16(23-2)17(15)21)3-6-14(20)11-4-5-12(18)13(19)9-11/h3-9,21H,1-2H3. The molecule has 0 heterocycles. The average molecular weight is 320 g/mol. The van der Waals surface area contributed by atoms with Gasteiger partial charge in [0.15, 0.2) is 28.9 Å². The fourth-order valence-electron chi connectivity index (χ4n) is 1.93. The normalized spacial score (nSPS) is 10.8. The summed E-state index contributed by atoms with van der Waals surface area (Å²) in [5, 5.41) is 9.81. The number of methoxy groups -OCH3 is 2. The van der Waals surface area contributed by atoms with Crippen molar-refractivity contribution in [2.45, 2.75) is 0 Å². The molecule has 2 rings (SSSR count). The lowest BCUT2D eigenvalue weighted by Crippen LogP contribution is -1.96. The van der Waals surface area contributed by atoms with Gasteiger partial charge >= 0.3 is 0 Å². The first kappa shape index (κ1) is 16.5. The molecule has 120 valence electrons. The summed E-state index contributed by atoms with van der Waals surface area (Å²) < 4.78 is 36.0. The number of hydrogen-bond acceptors (Lipinski definition) is 4. The molecule has 0 bridgehead atoms. The molecular formula is C17H14F2O4. The molecule has 0 amide bonds. The van der Waals surface area contributed by atoms with Gasteiger partial charge < -0.3 is 14.6 Å². The summed E-state index contributed by atoms with van der Waals surface area (Å²) in [7, 11) is 2.77. The van der Waals surface area contributed by atoms with Gasteiger partial charge in [0.2, 0.25) is 5.75 Å². The van der Waals surface area contributed by atoms with E-state index in [4.69, 9.17) is 9.47 Å². The first-order valence-electron chi connectivity index (χ1n) is 6.58. The van der Waals surface area contributed by atoms with E-state index < -0.39 is 17.4 Å². The van der Waals surface area contributed by atoms with Crippen molar-refractivity contribution in [1.29, 1.82) is 0 Å². The second-order valence-corrected chi connectivity index (χ2v) is 4.60. The zero-order chi connectivity index (χ0) is 17.0. The molecule has 2 aromatic rings. The lowest BCUT2D eigenvalue weighted by atomic mass is 10.1. The molecular weight excluding hydrogens is 306 g/mol. The van der Waals surface area contributed by atoms with Crippen LogP contribution in [0.1, 0.15) is 15.9 Å². The maximum atomic E-state index is 13.1. The van der Waals surface area contributed by atoms with Crippen LogP contribution < -0.4 is 9.47 Å². The number of ether oxygens (including phenoxy) is 2. The van der Waals surface area contributed by atoms with Crippen LogP contribution in [-0.4, -0.2) is 25.1 Å². The molecule has 6 heteroatoms. The zero-order valence-electron chi connectivity index (χ0n) is 12.5. The number of carbonyl (C=O) groups is 1. The van der Waals surface area contributed by atoms with Gasteiger partial charge in [-0.2, -0.15) is 0 Å². The van der Waals surface area contributed by atoms with E-state index in [1.54, 1.807) is 0 Å². The molecule has 0 fully saturated rings. The fourth-order valence-corrected chi connectivity index (χ4v) is 1.93. The van der Waals surface area contributed by atoms with E-state index in [1.807, 2.05) is 0 Å². The molecule has 0 aliphatic heterocycles. The molecule has 0 saturated heterocycles. The molecule has 23 heavy (non-hydrogen) atoms. The highest BCUT2D eigenvalue weighted by molar-refractivity contribution is 6.06. The maximum absolute atomic E-state index is 13.1. The van der Waals surface area contributed by atoms with E-state index >= 15 is 0 Å². The minimum atomic E-state index is -1.09. The Balaban J connectivity index is 2.28. The number of ketones is 1. The summed E-state index contributed by atoms with van der Waals surface area (Å²) in [6, 6.07) is 5.94. The molecule has 0 aliphatic carbocycles. The number of aromatic hydroxyl groups is 1. The highest BCUT2D eigenvalue weighted by Gasteiger charge is 2.11. The van der Waals surface area contributed by atoms with Crippen LogP contribution in [0.15, 0.2) is 36.4 Å². The van der Waals surface area contributed by atoms with Crippen LogP contribution in [0, 0.1) is 11.6 Å². The summed E-state index contributed by atoms with van der Waals surface area (Å²) in [5.41, 5.74) is 0.560. The third-order valence-corrected chi connectivity index (χ3v) is 3.13. The van der Waals surface area contributed by atoms with Gasteiger partial charge in [-0.15, -0.1) is 0 Å². The SMILES string of the molecule is COc1cc(C=CC(=O)c2ccc(F)c(F)c2)cc(OC)c1O. The predicted molar refractivity (Wildman–Crippen MR) is 80.9 cm³/mol. The molecule has 0 aromatic heterocycles. The molecule has 0 saturated carbocycles. The molecule has 0 unspecified atom stereocenters. The number of halogens is 2. The van der Waals surface area contributed by atoms with E-state index in [1.165, 1.54) is 44.6 Å². The molecule has 0 atom stereocenters. The van der Waals surface area contributed by atoms with Gasteiger partial charge in [0.1, 0.15) is 0 Å². The Kier molecular flexibility index (Phi) is 4.95. The van der Waals surface area contributed by atoms with Gasteiger partial charge in [-0.1, -0.05) is 6.08 Å². The summed E-state index contributed by atoms with van der Waals surface area (Å²) in [5.74, 6) is -2.38. The van der Waals surface area contributed by atoms with E-state index in [9.17, 15) is 18.7 Å². The van der Waals surface area contributed by atoms with Crippen molar-refractivity contribution >= 4 is 11.9 Å². The number of allylic oxidation sites excluding steroid dienone is 1. The summed E-state index contributed by atoms with van der Waals surface area (Å²) in [4.78, 5) is 12.0. The minimum absolute atomic E-state index is 0.0258. The Morgan fingerprint density at radius 1 is 1.04 bits per heavy atom. The average Bonchev–Trinajstić information content (AvgIpc) is 2.55. The van der Waals surface area contributed by atoms with Crippen LogP contribution in [0.2, 0.25) is 0 Å². The largest absolute Gasteiger partial charge is 0.502 e. The van der Waals surface area contributed by atoms with Gasteiger partial charge in [0.05, 0.1) is 14.2 Å². The highest BCUT2D eigenvalue weighted by atomic mass is 19.2. The molecule has 0 aliphatic rings. The zero-order valence-corrected chi connectivity index (χ0v) is 12.5. The number of hydrogen-bond donors (Lipinski definition) is 1. The molecule has 0 spiro atoms. The van der Waals surface area contributed by atoms with E-state index in [0.29, 0.717) is 5.56 Å². The third-order valence-electron chi connectivity index (χ3n) is 3.13. The quantitative estimate of drug-likeness (QED) is 0.676. The van der Waals surface area contributed by atoms with Crippen molar-refractivity contribution in [1.82, 2.24) is 0 Å². The third kappa shape index (κ3) is 3.66. The van der Waals surface area contributed by atoms with Crippen molar-refractivity contribution in [3.8, 4) is 17.2 Å². The summed E-state index contributed by atoms with van der Waals surface area (Å²) in [6.45, 7) is 0. The van der Waals surface area contributed by atoms with Crippen molar-refractivity contribution < 1.29 is 28.2 Å². The van der Waals surface area contributed by atoms with Crippen molar-refractivity contribution in [3.05, 3.63) is 59.2 Å². The minimum Gasteiger partial charge on any atom is -0.502 e. The first-order valence-corrected chi connectivity index (χ1v) is 6.58. The Labute approximate surface area is 131 Å². The summed E-state index contributed by atoms with van der Waals surface area (Å²) in [6.07, 6.45) is 2.66. The Bertz CT molecular complexity index is 744. The number of phenolic OH excluding ortho intramolecular Hbond substituents is 1. The van der Waals surface area contributed by atoms with E-state index in [-0.39, 0.29) is 22.8 Å². The van der Waals surface area contributed by atoms with E-state index in [2.05, 4.69) is 0 Å². The summed E-state index contributed by atoms with van der Waals surface area (Å²) >= 11 is 0. The van der Waals surface area contributed by atoms with Crippen LogP contribution in [-0.2, 0) is 0 Å².